The van der Waals surface area contributed by atoms with E-state index in [1.54, 1.807) is 36.4 Å². The average molecular weight is 563 g/mol. The standard InChI is InChI=1S/C25H18Cl3N3O4S/c1-12-9-14(13(2)30(12)15-7-8-16(19(27)11-15)24(34)35-3)10-17-22(32)29-25(36)31(23(17)33)20-6-4-5-18(26)21(20)28/h4-11H,1-3H3,(H,29,32,36)/b17-10+. The number of nitrogens with one attached hydrogen (secondary N) is 1. The zero-order valence-electron chi connectivity index (χ0n) is 19.2. The lowest BCUT2D eigenvalue weighted by Gasteiger charge is -2.29. The first-order chi connectivity index (χ1) is 17.0. The van der Waals surface area contributed by atoms with Crippen molar-refractivity contribution in [1.29, 1.82) is 0 Å². The number of esters is 1. The molecule has 0 unspecified atom stereocenters. The quantitative estimate of drug-likeness (QED) is 0.192. The number of ether oxygens (including phenoxy) is 1. The fraction of sp³-hybridized carbons (Fsp3) is 0.120. The van der Waals surface area contributed by atoms with Crippen LogP contribution in [0, 0.1) is 13.8 Å². The molecule has 7 nitrogen and oxygen atoms in total. The molecule has 4 rings (SSSR count). The van der Waals surface area contributed by atoms with Crippen LogP contribution in [0.5, 0.6) is 0 Å². The van der Waals surface area contributed by atoms with Gasteiger partial charge in [0.2, 0.25) is 0 Å². The highest BCUT2D eigenvalue weighted by Crippen LogP contribution is 2.35. The molecule has 1 fully saturated rings. The summed E-state index contributed by atoms with van der Waals surface area (Å²) in [6.45, 7) is 3.70. The van der Waals surface area contributed by atoms with Crippen LogP contribution in [0.3, 0.4) is 0 Å². The van der Waals surface area contributed by atoms with E-state index in [2.05, 4.69) is 5.32 Å². The molecule has 0 radical (unpaired) electrons. The second-order valence-corrected chi connectivity index (χ2v) is 9.43. The zero-order valence-corrected chi connectivity index (χ0v) is 22.3. The number of amides is 2. The van der Waals surface area contributed by atoms with Crippen molar-refractivity contribution in [2.45, 2.75) is 13.8 Å². The number of hydrogen-bond acceptors (Lipinski definition) is 5. The summed E-state index contributed by atoms with van der Waals surface area (Å²) in [6.07, 6.45) is 1.49. The topological polar surface area (TPSA) is 80.6 Å². The smallest absolute Gasteiger partial charge is 0.339 e. The molecule has 0 bridgehead atoms. The van der Waals surface area contributed by atoms with Gasteiger partial charge in [-0.25, -0.2) is 4.79 Å². The fourth-order valence-corrected chi connectivity index (χ4v) is 4.85. The van der Waals surface area contributed by atoms with Gasteiger partial charge in [-0.2, -0.15) is 0 Å². The van der Waals surface area contributed by atoms with Gasteiger partial charge in [-0.3, -0.25) is 19.8 Å². The minimum absolute atomic E-state index is 0.0999. The Morgan fingerprint density at radius 2 is 1.78 bits per heavy atom. The molecular formula is C25H18Cl3N3O4S. The Balaban J connectivity index is 1.76. The molecule has 2 aromatic carbocycles. The molecule has 1 aliphatic heterocycles. The zero-order chi connectivity index (χ0) is 26.3. The summed E-state index contributed by atoms with van der Waals surface area (Å²) >= 11 is 24.0. The van der Waals surface area contributed by atoms with Gasteiger partial charge in [0.1, 0.15) is 5.57 Å². The van der Waals surface area contributed by atoms with Crippen LogP contribution in [0.4, 0.5) is 5.69 Å². The normalized spacial score (nSPS) is 14.9. The molecule has 1 N–H and O–H groups in total. The first-order valence-electron chi connectivity index (χ1n) is 10.5. The number of methoxy groups -OCH3 is 1. The van der Waals surface area contributed by atoms with Crippen LogP contribution in [0.2, 0.25) is 15.1 Å². The Bertz CT molecular complexity index is 1500. The Morgan fingerprint density at radius 3 is 2.44 bits per heavy atom. The molecule has 2 amide bonds. The summed E-state index contributed by atoms with van der Waals surface area (Å²) in [5.74, 6) is -1.81. The van der Waals surface area contributed by atoms with Crippen molar-refractivity contribution in [3.8, 4) is 5.69 Å². The number of halogens is 3. The molecule has 1 saturated heterocycles. The van der Waals surface area contributed by atoms with Gasteiger partial charge >= 0.3 is 5.97 Å². The van der Waals surface area contributed by atoms with E-state index < -0.39 is 17.8 Å². The van der Waals surface area contributed by atoms with E-state index in [1.807, 2.05) is 24.5 Å². The van der Waals surface area contributed by atoms with E-state index in [4.69, 9.17) is 51.8 Å². The molecule has 0 atom stereocenters. The third-order valence-corrected chi connectivity index (χ3v) is 7.07. The van der Waals surface area contributed by atoms with Crippen molar-refractivity contribution in [3.63, 3.8) is 0 Å². The van der Waals surface area contributed by atoms with Crippen LogP contribution >= 0.6 is 47.0 Å². The van der Waals surface area contributed by atoms with Gasteiger partial charge in [-0.1, -0.05) is 40.9 Å². The van der Waals surface area contributed by atoms with E-state index >= 15 is 0 Å². The van der Waals surface area contributed by atoms with E-state index in [0.717, 1.165) is 16.3 Å². The molecule has 36 heavy (non-hydrogen) atoms. The van der Waals surface area contributed by atoms with Crippen molar-refractivity contribution in [2.24, 2.45) is 0 Å². The number of hydrogen-bond donors (Lipinski definition) is 1. The van der Waals surface area contributed by atoms with Crippen molar-refractivity contribution >= 4 is 81.7 Å². The molecule has 0 spiro atoms. The molecule has 2 heterocycles. The van der Waals surface area contributed by atoms with E-state index in [0.29, 0.717) is 11.3 Å². The highest BCUT2D eigenvalue weighted by molar-refractivity contribution is 7.80. The van der Waals surface area contributed by atoms with Crippen molar-refractivity contribution in [2.75, 3.05) is 12.0 Å². The number of aromatic nitrogens is 1. The summed E-state index contributed by atoms with van der Waals surface area (Å²) in [7, 11) is 1.28. The van der Waals surface area contributed by atoms with Gasteiger partial charge in [0.05, 0.1) is 33.4 Å². The predicted octanol–water partition coefficient (Wildman–Crippen LogP) is 5.67. The lowest BCUT2D eigenvalue weighted by molar-refractivity contribution is -0.122. The summed E-state index contributed by atoms with van der Waals surface area (Å²) in [5.41, 5.74) is 3.25. The summed E-state index contributed by atoms with van der Waals surface area (Å²) in [5, 5.41) is 3.05. The number of anilines is 1. The van der Waals surface area contributed by atoms with Gasteiger partial charge in [0, 0.05) is 17.1 Å². The van der Waals surface area contributed by atoms with E-state index in [9.17, 15) is 14.4 Å². The monoisotopic (exact) mass is 561 g/mol. The summed E-state index contributed by atoms with van der Waals surface area (Å²) < 4.78 is 6.63. The van der Waals surface area contributed by atoms with Crippen LogP contribution in [-0.4, -0.2) is 34.6 Å². The third kappa shape index (κ3) is 4.53. The summed E-state index contributed by atoms with van der Waals surface area (Å²) in [6, 6.07) is 11.6. The van der Waals surface area contributed by atoms with Gasteiger partial charge in [-0.05, 0) is 74.1 Å². The highest BCUT2D eigenvalue weighted by atomic mass is 35.5. The van der Waals surface area contributed by atoms with Crippen molar-refractivity contribution < 1.29 is 19.1 Å². The molecule has 0 aliphatic carbocycles. The van der Waals surface area contributed by atoms with Crippen molar-refractivity contribution in [3.05, 3.63) is 85.6 Å². The Hall–Kier alpha value is -3.17. The number of carbonyl (C=O) groups excluding carboxylic acids is 3. The number of thiocarbonyl (C=S) groups is 1. The van der Waals surface area contributed by atoms with E-state index in [1.165, 1.54) is 13.2 Å². The Morgan fingerprint density at radius 1 is 1.06 bits per heavy atom. The third-order valence-electron chi connectivity index (χ3n) is 5.66. The molecule has 1 aliphatic rings. The Kier molecular flexibility index (Phi) is 7.24. The fourth-order valence-electron chi connectivity index (χ4n) is 3.95. The molecule has 0 saturated carbocycles. The van der Waals surface area contributed by atoms with Crippen LogP contribution < -0.4 is 10.2 Å². The maximum atomic E-state index is 13.4. The molecular weight excluding hydrogens is 545 g/mol. The lowest BCUT2D eigenvalue weighted by Crippen LogP contribution is -2.54. The minimum atomic E-state index is -0.636. The molecule has 3 aromatic rings. The second kappa shape index (κ2) is 10.1. The molecule has 11 heteroatoms. The first-order valence-corrected chi connectivity index (χ1v) is 12.0. The highest BCUT2D eigenvalue weighted by Gasteiger charge is 2.36. The van der Waals surface area contributed by atoms with Crippen LogP contribution in [-0.2, 0) is 14.3 Å². The second-order valence-electron chi connectivity index (χ2n) is 7.85. The average Bonchev–Trinajstić information content (AvgIpc) is 3.11. The molecule has 1 aromatic heterocycles. The van der Waals surface area contributed by atoms with Gasteiger partial charge in [-0.15, -0.1) is 0 Å². The Labute approximate surface area is 227 Å². The van der Waals surface area contributed by atoms with Gasteiger partial charge in [0.15, 0.2) is 5.11 Å². The maximum absolute atomic E-state index is 13.4. The number of nitrogens with zero attached hydrogens (tertiary/aromatic N) is 2. The van der Waals surface area contributed by atoms with Crippen LogP contribution in [0.1, 0.15) is 27.3 Å². The number of rotatable bonds is 4. The van der Waals surface area contributed by atoms with E-state index in [-0.39, 0.29) is 37.0 Å². The SMILES string of the molecule is COC(=O)c1ccc(-n2c(C)cc(/C=C3\C(=O)NC(=S)N(c4cccc(Cl)c4Cl)C3=O)c2C)cc1Cl. The minimum Gasteiger partial charge on any atom is -0.465 e. The van der Waals surface area contributed by atoms with Crippen LogP contribution in [0.15, 0.2) is 48.0 Å². The van der Waals surface area contributed by atoms with Crippen molar-refractivity contribution in [1.82, 2.24) is 9.88 Å². The van der Waals surface area contributed by atoms with Gasteiger partial charge in [0.25, 0.3) is 11.8 Å². The number of aryl methyl sites for hydroxylation is 1. The van der Waals surface area contributed by atoms with Crippen LogP contribution in [0.25, 0.3) is 11.8 Å². The summed E-state index contributed by atoms with van der Waals surface area (Å²) in [4.78, 5) is 39.2. The first kappa shape index (κ1) is 25.9. The molecule has 184 valence electrons. The lowest BCUT2D eigenvalue weighted by atomic mass is 10.1. The number of carbonyl (C=O) groups is 3. The number of benzene rings is 2. The van der Waals surface area contributed by atoms with Gasteiger partial charge < -0.3 is 9.30 Å². The maximum Gasteiger partial charge on any atom is 0.339 e. The predicted molar refractivity (Wildman–Crippen MR) is 144 cm³/mol. The largest absolute Gasteiger partial charge is 0.465 e.